The van der Waals surface area contributed by atoms with Crippen molar-refractivity contribution in [3.63, 3.8) is 0 Å². The number of carbonyl (C=O) groups is 1. The Morgan fingerprint density at radius 2 is 2.18 bits per heavy atom. The SMILES string of the molecule is C[C@@H]1CC(=O)C[C@H]2CCc3cc(Cl)ccc3N21. The molecular formula is C14H16ClNO. The van der Waals surface area contributed by atoms with Crippen LogP contribution in [0.4, 0.5) is 5.69 Å². The van der Waals surface area contributed by atoms with Crippen LogP contribution in [0.15, 0.2) is 18.2 Å². The fourth-order valence-electron chi connectivity index (χ4n) is 3.24. The van der Waals surface area contributed by atoms with E-state index in [0.717, 1.165) is 17.9 Å². The molecular weight excluding hydrogens is 234 g/mol. The summed E-state index contributed by atoms with van der Waals surface area (Å²) in [6, 6.07) is 6.85. The van der Waals surface area contributed by atoms with E-state index in [9.17, 15) is 4.79 Å². The summed E-state index contributed by atoms with van der Waals surface area (Å²) in [4.78, 5) is 14.1. The third-order valence-corrected chi connectivity index (χ3v) is 4.16. The number of Topliss-reactive ketones (excluding diaryl/α,β-unsaturated/α-hetero) is 1. The summed E-state index contributed by atoms with van der Waals surface area (Å²) in [6.45, 7) is 2.15. The van der Waals surface area contributed by atoms with Crippen LogP contribution in [-0.2, 0) is 11.2 Å². The second-order valence-electron chi connectivity index (χ2n) is 5.17. The minimum Gasteiger partial charge on any atom is -0.365 e. The zero-order chi connectivity index (χ0) is 12.0. The zero-order valence-electron chi connectivity index (χ0n) is 9.95. The Kier molecular flexibility index (Phi) is 2.62. The van der Waals surface area contributed by atoms with E-state index in [2.05, 4.69) is 24.0 Å². The van der Waals surface area contributed by atoms with Crippen molar-refractivity contribution in [2.45, 2.75) is 44.7 Å². The van der Waals surface area contributed by atoms with Crippen molar-refractivity contribution in [1.82, 2.24) is 0 Å². The van der Waals surface area contributed by atoms with Gasteiger partial charge in [0.1, 0.15) is 5.78 Å². The van der Waals surface area contributed by atoms with Crippen LogP contribution in [0.5, 0.6) is 0 Å². The van der Waals surface area contributed by atoms with Gasteiger partial charge in [0.15, 0.2) is 0 Å². The molecule has 1 aromatic carbocycles. The molecule has 3 heteroatoms. The number of fused-ring (bicyclic) bond motifs is 3. The minimum absolute atomic E-state index is 0.321. The molecule has 2 atom stereocenters. The molecule has 2 nitrogen and oxygen atoms in total. The lowest BCUT2D eigenvalue weighted by Gasteiger charge is -2.45. The number of aryl methyl sites for hydroxylation is 1. The molecule has 0 N–H and O–H groups in total. The Morgan fingerprint density at radius 1 is 1.35 bits per heavy atom. The molecule has 2 aliphatic heterocycles. The fraction of sp³-hybridized carbons (Fsp3) is 0.500. The second kappa shape index (κ2) is 4.02. The quantitative estimate of drug-likeness (QED) is 0.704. The highest BCUT2D eigenvalue weighted by atomic mass is 35.5. The number of hydrogen-bond acceptors (Lipinski definition) is 2. The number of hydrogen-bond donors (Lipinski definition) is 0. The van der Waals surface area contributed by atoms with Crippen LogP contribution < -0.4 is 4.90 Å². The van der Waals surface area contributed by atoms with Crippen molar-refractivity contribution < 1.29 is 4.79 Å². The molecule has 0 bridgehead atoms. The van der Waals surface area contributed by atoms with Crippen LogP contribution >= 0.6 is 11.6 Å². The summed E-state index contributed by atoms with van der Waals surface area (Å²) in [7, 11) is 0. The third kappa shape index (κ3) is 1.85. The monoisotopic (exact) mass is 249 g/mol. The van der Waals surface area contributed by atoms with Gasteiger partial charge >= 0.3 is 0 Å². The average molecular weight is 250 g/mol. The van der Waals surface area contributed by atoms with E-state index in [-0.39, 0.29) is 0 Å². The lowest BCUT2D eigenvalue weighted by Crippen LogP contribution is -2.50. The van der Waals surface area contributed by atoms with E-state index in [0.29, 0.717) is 30.7 Å². The van der Waals surface area contributed by atoms with Crippen molar-refractivity contribution in [3.8, 4) is 0 Å². The predicted molar refractivity (Wildman–Crippen MR) is 69.7 cm³/mol. The van der Waals surface area contributed by atoms with Gasteiger partial charge in [0.05, 0.1) is 0 Å². The molecule has 1 fully saturated rings. The average Bonchev–Trinajstić information content (AvgIpc) is 2.28. The van der Waals surface area contributed by atoms with Crippen LogP contribution in [0, 0.1) is 0 Å². The zero-order valence-corrected chi connectivity index (χ0v) is 10.7. The molecule has 90 valence electrons. The van der Waals surface area contributed by atoms with Crippen LogP contribution in [-0.4, -0.2) is 17.9 Å². The van der Waals surface area contributed by atoms with E-state index < -0.39 is 0 Å². The van der Waals surface area contributed by atoms with Gasteiger partial charge in [-0.3, -0.25) is 4.79 Å². The van der Waals surface area contributed by atoms with E-state index >= 15 is 0 Å². The first kappa shape index (κ1) is 11.1. The normalized spacial score (nSPS) is 27.6. The van der Waals surface area contributed by atoms with E-state index in [1.807, 2.05) is 6.07 Å². The van der Waals surface area contributed by atoms with Crippen LogP contribution in [0.25, 0.3) is 0 Å². The standard InChI is InChI=1S/C14H16ClNO/c1-9-6-13(17)8-12-4-2-10-7-11(15)3-5-14(10)16(9)12/h3,5,7,9,12H,2,4,6,8H2,1H3/t9-,12-/m1/s1. The maximum Gasteiger partial charge on any atom is 0.136 e. The number of anilines is 1. The Bertz CT molecular complexity index is 471. The molecule has 2 aliphatic rings. The van der Waals surface area contributed by atoms with Gasteiger partial charge in [0.2, 0.25) is 0 Å². The van der Waals surface area contributed by atoms with Crippen molar-refractivity contribution >= 4 is 23.1 Å². The van der Waals surface area contributed by atoms with Gasteiger partial charge in [0.25, 0.3) is 0 Å². The van der Waals surface area contributed by atoms with Crippen LogP contribution in [0.2, 0.25) is 5.02 Å². The molecule has 0 unspecified atom stereocenters. The van der Waals surface area contributed by atoms with E-state index in [1.165, 1.54) is 11.3 Å². The van der Waals surface area contributed by atoms with Crippen molar-refractivity contribution in [3.05, 3.63) is 28.8 Å². The summed E-state index contributed by atoms with van der Waals surface area (Å²) >= 11 is 6.04. The number of benzene rings is 1. The number of ketones is 1. The van der Waals surface area contributed by atoms with Gasteiger partial charge in [-0.15, -0.1) is 0 Å². The fourth-order valence-corrected chi connectivity index (χ4v) is 3.43. The van der Waals surface area contributed by atoms with Crippen molar-refractivity contribution in [2.75, 3.05) is 4.90 Å². The summed E-state index contributed by atoms with van der Waals surface area (Å²) in [5.41, 5.74) is 2.61. The van der Waals surface area contributed by atoms with Gasteiger partial charge in [-0.25, -0.2) is 0 Å². The Labute approximate surface area is 107 Å². The lowest BCUT2D eigenvalue weighted by atomic mass is 9.86. The second-order valence-corrected chi connectivity index (χ2v) is 5.61. The number of piperidine rings is 1. The Balaban J connectivity index is 2.02. The van der Waals surface area contributed by atoms with Crippen molar-refractivity contribution in [2.24, 2.45) is 0 Å². The topological polar surface area (TPSA) is 20.3 Å². The highest BCUT2D eigenvalue weighted by Crippen LogP contribution is 2.38. The van der Waals surface area contributed by atoms with Gasteiger partial charge in [-0.2, -0.15) is 0 Å². The first-order valence-electron chi connectivity index (χ1n) is 6.23. The molecule has 0 aliphatic carbocycles. The Hall–Kier alpha value is -1.02. The maximum absolute atomic E-state index is 11.6. The predicted octanol–water partition coefficient (Wildman–Crippen LogP) is 3.21. The van der Waals surface area contributed by atoms with Gasteiger partial charge in [-0.1, -0.05) is 11.6 Å². The smallest absolute Gasteiger partial charge is 0.136 e. The summed E-state index contributed by atoms with van der Waals surface area (Å²) < 4.78 is 0. The summed E-state index contributed by atoms with van der Waals surface area (Å²) in [5.74, 6) is 0.413. The highest BCUT2D eigenvalue weighted by molar-refractivity contribution is 6.30. The summed E-state index contributed by atoms with van der Waals surface area (Å²) in [5, 5.41) is 0.808. The Morgan fingerprint density at radius 3 is 3.00 bits per heavy atom. The van der Waals surface area contributed by atoms with Crippen LogP contribution in [0.1, 0.15) is 31.7 Å². The molecule has 3 rings (SSSR count). The van der Waals surface area contributed by atoms with Gasteiger partial charge in [0, 0.05) is 35.6 Å². The van der Waals surface area contributed by atoms with E-state index in [1.54, 1.807) is 0 Å². The molecule has 17 heavy (non-hydrogen) atoms. The number of carbonyl (C=O) groups excluding carboxylic acids is 1. The van der Waals surface area contributed by atoms with Crippen LogP contribution in [0.3, 0.4) is 0 Å². The van der Waals surface area contributed by atoms with Gasteiger partial charge in [-0.05, 0) is 43.5 Å². The highest BCUT2D eigenvalue weighted by Gasteiger charge is 2.35. The molecule has 0 aromatic heterocycles. The number of rotatable bonds is 0. The molecule has 0 spiro atoms. The van der Waals surface area contributed by atoms with Gasteiger partial charge < -0.3 is 4.90 Å². The minimum atomic E-state index is 0.321. The molecule has 2 heterocycles. The summed E-state index contributed by atoms with van der Waals surface area (Å²) in [6.07, 6.45) is 3.51. The number of halogens is 1. The number of nitrogens with zero attached hydrogens (tertiary/aromatic N) is 1. The molecule has 0 saturated carbocycles. The third-order valence-electron chi connectivity index (χ3n) is 3.92. The maximum atomic E-state index is 11.6. The molecule has 1 aromatic rings. The van der Waals surface area contributed by atoms with E-state index in [4.69, 9.17) is 11.6 Å². The molecule has 0 amide bonds. The van der Waals surface area contributed by atoms with Crippen molar-refractivity contribution in [1.29, 1.82) is 0 Å². The molecule has 0 radical (unpaired) electrons. The molecule has 1 saturated heterocycles. The lowest BCUT2D eigenvalue weighted by molar-refractivity contribution is -0.120. The first-order chi connectivity index (χ1) is 8.15. The largest absolute Gasteiger partial charge is 0.365 e. The first-order valence-corrected chi connectivity index (χ1v) is 6.61.